The summed E-state index contributed by atoms with van der Waals surface area (Å²) in [5, 5.41) is 2.15. The molecule has 0 aromatic heterocycles. The van der Waals surface area contributed by atoms with E-state index in [0.717, 1.165) is 13.2 Å². The molecule has 13 heteroatoms. The van der Waals surface area contributed by atoms with Gasteiger partial charge in [0.1, 0.15) is 0 Å². The van der Waals surface area contributed by atoms with Gasteiger partial charge in [0.15, 0.2) is 0 Å². The van der Waals surface area contributed by atoms with Crippen LogP contribution in [0.25, 0.3) is 0 Å². The number of benzene rings is 1. The quantitative estimate of drug-likeness (QED) is 0.298. The van der Waals surface area contributed by atoms with Gasteiger partial charge in [-0.2, -0.15) is 16.8 Å². The number of amides is 2. The van der Waals surface area contributed by atoms with Crippen LogP contribution in [0.2, 0.25) is 0 Å². The van der Waals surface area contributed by atoms with Crippen molar-refractivity contribution in [3.63, 3.8) is 0 Å². The van der Waals surface area contributed by atoms with E-state index in [2.05, 4.69) is 5.32 Å². The fourth-order valence-corrected chi connectivity index (χ4v) is 3.70. The molecule has 1 heterocycles. The van der Waals surface area contributed by atoms with Gasteiger partial charge in [-0.25, -0.2) is 4.31 Å². The molecule has 0 radical (unpaired) electrons. The van der Waals surface area contributed by atoms with E-state index in [1.807, 2.05) is 0 Å². The fraction of sp³-hybridized carbons (Fsp3) is 0.333. The summed E-state index contributed by atoms with van der Waals surface area (Å²) in [6.45, 7) is -0.646. The van der Waals surface area contributed by atoms with E-state index in [0.29, 0.717) is 0 Å². The van der Waals surface area contributed by atoms with Crippen LogP contribution in [0.4, 0.5) is 0 Å². The highest BCUT2D eigenvalue weighted by atomic mass is 32.2. The minimum absolute atomic E-state index is 0.0350. The Balaban J connectivity index is 2.18. The molecule has 1 fully saturated rings. The maximum Gasteiger partial charge on any atom is 0.362 e. The average molecular weight is 394 g/mol. The Morgan fingerprint density at radius 2 is 1.88 bits per heavy atom. The minimum atomic E-state index is -4.78. The van der Waals surface area contributed by atoms with Crippen molar-refractivity contribution in [2.75, 3.05) is 13.7 Å². The van der Waals surface area contributed by atoms with Gasteiger partial charge in [0.25, 0.3) is 16.0 Å². The van der Waals surface area contributed by atoms with Crippen LogP contribution in [-0.2, 0) is 41.2 Å². The van der Waals surface area contributed by atoms with Gasteiger partial charge in [-0.05, 0) is 11.6 Å². The molecule has 1 aromatic carbocycles. The first-order valence-electron chi connectivity index (χ1n) is 6.62. The van der Waals surface area contributed by atoms with Gasteiger partial charge >= 0.3 is 10.3 Å². The molecule has 2 amide bonds. The maximum atomic E-state index is 12.1. The molecular formula is C12H14N2O9S2. The Labute approximate surface area is 143 Å². The summed E-state index contributed by atoms with van der Waals surface area (Å²) in [5.74, 6) is -2.06. The predicted octanol–water partition coefficient (Wildman–Crippen LogP) is -1.42. The van der Waals surface area contributed by atoms with Crippen molar-refractivity contribution < 1.29 is 40.3 Å². The van der Waals surface area contributed by atoms with E-state index >= 15 is 0 Å². The minimum Gasteiger partial charge on any atom is -0.349 e. The topological polar surface area (TPSA) is 167 Å². The number of ether oxygens (including phenoxy) is 1. The zero-order valence-corrected chi connectivity index (χ0v) is 14.4. The molecule has 1 atom stereocenters. The summed E-state index contributed by atoms with van der Waals surface area (Å²) in [5.41, 5.74) is -2.02. The zero-order chi connectivity index (χ0) is 19.0. The number of methoxy groups -OCH3 is 1. The summed E-state index contributed by atoms with van der Waals surface area (Å²) < 4.78 is 67.4. The SMILES string of the molecule is COC1(NC(=O)Cc2ccccc2S(=O)(=O)O)CN(S(=O)(=O)O)C1=O. The van der Waals surface area contributed by atoms with Crippen LogP contribution >= 0.6 is 0 Å². The summed E-state index contributed by atoms with van der Waals surface area (Å²) >= 11 is 0. The first-order valence-corrected chi connectivity index (χ1v) is 9.45. The van der Waals surface area contributed by atoms with E-state index in [1.54, 1.807) is 0 Å². The number of hydrogen-bond donors (Lipinski definition) is 3. The van der Waals surface area contributed by atoms with Crippen LogP contribution in [-0.4, -0.2) is 61.4 Å². The number of hydrogen-bond acceptors (Lipinski definition) is 7. The third kappa shape index (κ3) is 3.80. The van der Waals surface area contributed by atoms with Crippen molar-refractivity contribution in [2.24, 2.45) is 0 Å². The summed E-state index contributed by atoms with van der Waals surface area (Å²) in [6.07, 6.45) is -0.528. The number of nitrogens with one attached hydrogen (secondary N) is 1. The zero-order valence-electron chi connectivity index (χ0n) is 12.7. The van der Waals surface area contributed by atoms with Gasteiger partial charge in [0, 0.05) is 7.11 Å². The van der Waals surface area contributed by atoms with E-state index in [-0.39, 0.29) is 9.87 Å². The Hall–Kier alpha value is -2.06. The molecule has 1 aliphatic rings. The molecule has 0 aliphatic carbocycles. The lowest BCUT2D eigenvalue weighted by molar-refractivity contribution is -0.180. The molecule has 1 saturated heterocycles. The molecule has 11 nitrogen and oxygen atoms in total. The second-order valence-corrected chi connectivity index (χ2v) is 7.85. The molecule has 3 N–H and O–H groups in total. The third-order valence-corrected chi connectivity index (χ3v) is 5.31. The van der Waals surface area contributed by atoms with Gasteiger partial charge in [-0.1, -0.05) is 18.2 Å². The second kappa shape index (κ2) is 6.34. The molecule has 25 heavy (non-hydrogen) atoms. The molecule has 0 spiro atoms. The predicted molar refractivity (Wildman–Crippen MR) is 81.1 cm³/mol. The maximum absolute atomic E-state index is 12.1. The van der Waals surface area contributed by atoms with Gasteiger partial charge in [-0.3, -0.25) is 18.7 Å². The highest BCUT2D eigenvalue weighted by Crippen LogP contribution is 2.26. The van der Waals surface area contributed by atoms with Crippen molar-refractivity contribution in [1.82, 2.24) is 9.62 Å². The number of carbonyl (C=O) groups is 2. The molecular weight excluding hydrogens is 380 g/mol. The Morgan fingerprint density at radius 3 is 2.36 bits per heavy atom. The fourth-order valence-electron chi connectivity index (χ4n) is 2.28. The van der Waals surface area contributed by atoms with Crippen LogP contribution < -0.4 is 5.32 Å². The summed E-state index contributed by atoms with van der Waals surface area (Å²) in [6, 6.07) is 5.17. The number of β-lactam (4-membered cyclic amide) rings is 1. The largest absolute Gasteiger partial charge is 0.362 e. The lowest BCUT2D eigenvalue weighted by atomic mass is 10.1. The van der Waals surface area contributed by atoms with Gasteiger partial charge in [0.2, 0.25) is 11.6 Å². The Bertz CT molecular complexity index is 926. The molecule has 138 valence electrons. The normalized spacial score (nSPS) is 20.9. The first-order chi connectivity index (χ1) is 11.4. The highest BCUT2D eigenvalue weighted by molar-refractivity contribution is 7.86. The monoisotopic (exact) mass is 394 g/mol. The average Bonchev–Trinajstić information content (AvgIpc) is 2.48. The molecule has 0 saturated carbocycles. The van der Waals surface area contributed by atoms with Crippen LogP contribution in [0.15, 0.2) is 29.2 Å². The van der Waals surface area contributed by atoms with Crippen LogP contribution in [0, 0.1) is 0 Å². The van der Waals surface area contributed by atoms with Crippen LogP contribution in [0.5, 0.6) is 0 Å². The van der Waals surface area contributed by atoms with Crippen molar-refractivity contribution in [2.45, 2.75) is 17.0 Å². The van der Waals surface area contributed by atoms with Crippen molar-refractivity contribution in [3.8, 4) is 0 Å². The van der Waals surface area contributed by atoms with E-state index in [4.69, 9.17) is 13.8 Å². The summed E-state index contributed by atoms with van der Waals surface area (Å²) in [4.78, 5) is 23.5. The van der Waals surface area contributed by atoms with Gasteiger partial charge in [0.05, 0.1) is 17.9 Å². The third-order valence-electron chi connectivity index (χ3n) is 3.51. The number of nitrogens with zero attached hydrogens (tertiary/aromatic N) is 1. The van der Waals surface area contributed by atoms with Gasteiger partial charge < -0.3 is 10.1 Å². The molecule has 1 aromatic rings. The Morgan fingerprint density at radius 1 is 1.28 bits per heavy atom. The lowest BCUT2D eigenvalue weighted by Gasteiger charge is -2.44. The first kappa shape index (κ1) is 19.3. The summed E-state index contributed by atoms with van der Waals surface area (Å²) in [7, 11) is -8.29. The van der Waals surface area contributed by atoms with E-state index in [1.165, 1.54) is 18.2 Å². The molecule has 1 unspecified atom stereocenters. The van der Waals surface area contributed by atoms with Crippen molar-refractivity contribution >= 4 is 32.2 Å². The molecule has 2 rings (SSSR count). The van der Waals surface area contributed by atoms with E-state index in [9.17, 15) is 26.4 Å². The molecule has 0 bridgehead atoms. The van der Waals surface area contributed by atoms with Crippen molar-refractivity contribution in [1.29, 1.82) is 0 Å². The molecule has 1 aliphatic heterocycles. The lowest BCUT2D eigenvalue weighted by Crippen LogP contribution is -2.76. The smallest absolute Gasteiger partial charge is 0.349 e. The number of rotatable bonds is 6. The highest BCUT2D eigenvalue weighted by Gasteiger charge is 2.58. The number of carbonyl (C=O) groups excluding carboxylic acids is 2. The van der Waals surface area contributed by atoms with Crippen LogP contribution in [0.3, 0.4) is 0 Å². The van der Waals surface area contributed by atoms with Gasteiger partial charge in [-0.15, -0.1) is 0 Å². The van der Waals surface area contributed by atoms with Crippen LogP contribution in [0.1, 0.15) is 5.56 Å². The standard InChI is InChI=1S/C12H14N2O9S2/c1-23-12(7-14(11(12)16)25(20,21)22)13-10(15)6-8-4-2-3-5-9(8)24(17,18)19/h2-5H,6-7H2,1H3,(H,13,15)(H,17,18,19)(H,20,21,22). The van der Waals surface area contributed by atoms with Crippen molar-refractivity contribution in [3.05, 3.63) is 29.8 Å². The Kier molecular flexibility index (Phi) is 4.89. The second-order valence-electron chi connectivity index (χ2n) is 5.13. The van der Waals surface area contributed by atoms with E-state index < -0.39 is 55.8 Å².